The van der Waals surface area contributed by atoms with Crippen molar-refractivity contribution in [2.45, 2.75) is 25.8 Å². The molecule has 0 aliphatic carbocycles. The lowest BCUT2D eigenvalue weighted by Crippen LogP contribution is -2.33. The van der Waals surface area contributed by atoms with E-state index in [4.69, 9.17) is 0 Å². The number of hydrogen-bond donors (Lipinski definition) is 1. The van der Waals surface area contributed by atoms with E-state index in [0.717, 1.165) is 21.7 Å². The SMILES string of the molecule is CC(=O)N1C=Cc2ccccc2C1CC(=O)Nc1nnc(Cc2ccccc2)s1. The van der Waals surface area contributed by atoms with Crippen molar-refractivity contribution >= 4 is 34.4 Å². The molecular formula is C22H20N4O2S. The number of benzene rings is 2. The maximum Gasteiger partial charge on any atom is 0.228 e. The summed E-state index contributed by atoms with van der Waals surface area (Å²) in [5.41, 5.74) is 3.12. The molecule has 0 spiro atoms. The van der Waals surface area contributed by atoms with Gasteiger partial charge in [-0.15, -0.1) is 10.2 Å². The van der Waals surface area contributed by atoms with E-state index in [1.165, 1.54) is 18.3 Å². The first-order valence-corrected chi connectivity index (χ1v) is 10.1. The number of carbonyl (C=O) groups excluding carboxylic acids is 2. The first kappa shape index (κ1) is 19.0. The summed E-state index contributed by atoms with van der Waals surface area (Å²) >= 11 is 1.36. The normalized spacial score (nSPS) is 15.1. The molecule has 1 aliphatic heterocycles. The third-order valence-corrected chi connectivity index (χ3v) is 5.60. The summed E-state index contributed by atoms with van der Waals surface area (Å²) in [5.74, 6) is -0.302. The minimum absolute atomic E-state index is 0.102. The van der Waals surface area contributed by atoms with Gasteiger partial charge in [0.1, 0.15) is 5.01 Å². The molecule has 0 saturated carbocycles. The Hall–Kier alpha value is -3.32. The molecule has 4 rings (SSSR count). The molecule has 1 atom stereocenters. The fourth-order valence-electron chi connectivity index (χ4n) is 3.41. The van der Waals surface area contributed by atoms with Gasteiger partial charge in [-0.3, -0.25) is 9.59 Å². The van der Waals surface area contributed by atoms with Crippen molar-refractivity contribution in [2.75, 3.05) is 5.32 Å². The third kappa shape index (κ3) is 4.41. The van der Waals surface area contributed by atoms with Gasteiger partial charge in [-0.05, 0) is 22.8 Å². The highest BCUT2D eigenvalue weighted by Gasteiger charge is 2.28. The van der Waals surface area contributed by atoms with Crippen LogP contribution in [0.25, 0.3) is 6.08 Å². The monoisotopic (exact) mass is 404 g/mol. The van der Waals surface area contributed by atoms with Crippen LogP contribution in [0.2, 0.25) is 0 Å². The van der Waals surface area contributed by atoms with Crippen LogP contribution in [0, 0.1) is 0 Å². The summed E-state index contributed by atoms with van der Waals surface area (Å²) in [5, 5.41) is 12.4. The van der Waals surface area contributed by atoms with Crippen LogP contribution in [0.15, 0.2) is 60.8 Å². The van der Waals surface area contributed by atoms with Crippen LogP contribution in [-0.4, -0.2) is 26.9 Å². The van der Waals surface area contributed by atoms with E-state index in [2.05, 4.69) is 15.5 Å². The zero-order valence-electron chi connectivity index (χ0n) is 15.9. The summed E-state index contributed by atoms with van der Waals surface area (Å²) in [6, 6.07) is 17.5. The molecular weight excluding hydrogens is 384 g/mol. The van der Waals surface area contributed by atoms with Gasteiger partial charge in [0, 0.05) is 19.5 Å². The van der Waals surface area contributed by atoms with E-state index in [-0.39, 0.29) is 24.3 Å². The summed E-state index contributed by atoms with van der Waals surface area (Å²) in [6.07, 6.45) is 4.46. The van der Waals surface area contributed by atoms with Crippen molar-refractivity contribution < 1.29 is 9.59 Å². The van der Waals surface area contributed by atoms with Crippen LogP contribution in [0.3, 0.4) is 0 Å². The molecule has 1 aliphatic rings. The molecule has 146 valence electrons. The highest BCUT2D eigenvalue weighted by molar-refractivity contribution is 7.15. The molecule has 0 bridgehead atoms. The van der Waals surface area contributed by atoms with E-state index in [9.17, 15) is 9.59 Å². The molecule has 6 nitrogen and oxygen atoms in total. The van der Waals surface area contributed by atoms with E-state index in [0.29, 0.717) is 11.6 Å². The van der Waals surface area contributed by atoms with Crippen molar-refractivity contribution in [3.05, 3.63) is 82.5 Å². The Balaban J connectivity index is 1.45. The maximum absolute atomic E-state index is 12.7. The first-order chi connectivity index (χ1) is 14.1. The Kier molecular flexibility index (Phi) is 5.48. The molecule has 3 aromatic rings. The number of hydrogen-bond acceptors (Lipinski definition) is 5. The van der Waals surface area contributed by atoms with Crippen molar-refractivity contribution in [1.29, 1.82) is 0 Å². The number of carbonyl (C=O) groups is 2. The predicted molar refractivity (Wildman–Crippen MR) is 113 cm³/mol. The number of amides is 2. The maximum atomic E-state index is 12.7. The molecule has 1 unspecified atom stereocenters. The van der Waals surface area contributed by atoms with Crippen molar-refractivity contribution in [3.63, 3.8) is 0 Å². The Labute approximate surface area is 172 Å². The lowest BCUT2D eigenvalue weighted by Gasteiger charge is -2.32. The number of nitrogens with one attached hydrogen (secondary N) is 1. The molecule has 29 heavy (non-hydrogen) atoms. The smallest absolute Gasteiger partial charge is 0.228 e. The second-order valence-electron chi connectivity index (χ2n) is 6.80. The first-order valence-electron chi connectivity index (χ1n) is 9.32. The van der Waals surface area contributed by atoms with Crippen LogP contribution in [0.4, 0.5) is 5.13 Å². The Bertz CT molecular complexity index is 1060. The van der Waals surface area contributed by atoms with Gasteiger partial charge in [-0.2, -0.15) is 0 Å². The number of anilines is 1. The third-order valence-electron chi connectivity index (χ3n) is 4.76. The molecule has 0 radical (unpaired) electrons. The minimum atomic E-state index is -0.342. The van der Waals surface area contributed by atoms with Gasteiger partial charge in [0.15, 0.2) is 0 Å². The van der Waals surface area contributed by atoms with Gasteiger partial charge in [0.05, 0.1) is 12.5 Å². The van der Waals surface area contributed by atoms with Gasteiger partial charge >= 0.3 is 0 Å². The second kappa shape index (κ2) is 8.36. The number of aromatic nitrogens is 2. The van der Waals surface area contributed by atoms with Crippen LogP contribution in [-0.2, 0) is 16.0 Å². The topological polar surface area (TPSA) is 75.2 Å². The van der Waals surface area contributed by atoms with E-state index in [1.807, 2.05) is 60.7 Å². The molecule has 2 amide bonds. The average molecular weight is 404 g/mol. The molecule has 2 heterocycles. The summed E-state index contributed by atoms with van der Waals surface area (Å²) in [4.78, 5) is 26.4. The van der Waals surface area contributed by atoms with E-state index < -0.39 is 0 Å². The molecule has 7 heteroatoms. The molecule has 1 aromatic heterocycles. The minimum Gasteiger partial charge on any atom is -0.311 e. The van der Waals surface area contributed by atoms with E-state index in [1.54, 1.807) is 11.1 Å². The Morgan fingerprint density at radius 2 is 1.83 bits per heavy atom. The van der Waals surface area contributed by atoms with Crippen LogP contribution < -0.4 is 5.32 Å². The molecule has 1 N–H and O–H groups in total. The summed E-state index contributed by atoms with van der Waals surface area (Å²) in [6.45, 7) is 1.50. The summed E-state index contributed by atoms with van der Waals surface area (Å²) in [7, 11) is 0. The fourth-order valence-corrected chi connectivity index (χ4v) is 4.20. The Morgan fingerprint density at radius 3 is 2.62 bits per heavy atom. The largest absolute Gasteiger partial charge is 0.311 e. The standard InChI is InChI=1S/C22H20N4O2S/c1-15(27)26-12-11-17-9-5-6-10-18(17)19(26)14-20(28)23-22-25-24-21(29-22)13-16-7-3-2-4-8-16/h2-12,19H,13-14H2,1H3,(H,23,25,28). The number of fused-ring (bicyclic) bond motifs is 1. The number of nitrogens with zero attached hydrogens (tertiary/aromatic N) is 3. The zero-order chi connectivity index (χ0) is 20.2. The van der Waals surface area contributed by atoms with Crippen LogP contribution in [0.5, 0.6) is 0 Å². The highest BCUT2D eigenvalue weighted by Crippen LogP contribution is 2.33. The fraction of sp³-hybridized carbons (Fsp3) is 0.182. The van der Waals surface area contributed by atoms with Crippen LogP contribution >= 0.6 is 11.3 Å². The van der Waals surface area contributed by atoms with Gasteiger partial charge < -0.3 is 10.2 Å². The predicted octanol–water partition coefficient (Wildman–Crippen LogP) is 4.03. The van der Waals surface area contributed by atoms with E-state index >= 15 is 0 Å². The van der Waals surface area contributed by atoms with Crippen molar-refractivity contribution in [1.82, 2.24) is 15.1 Å². The lowest BCUT2D eigenvalue weighted by molar-refractivity contribution is -0.129. The highest BCUT2D eigenvalue weighted by atomic mass is 32.1. The summed E-state index contributed by atoms with van der Waals surface area (Å²) < 4.78 is 0. The lowest BCUT2D eigenvalue weighted by atomic mass is 9.93. The van der Waals surface area contributed by atoms with Crippen molar-refractivity contribution in [2.24, 2.45) is 0 Å². The second-order valence-corrected chi connectivity index (χ2v) is 7.86. The van der Waals surface area contributed by atoms with Gasteiger partial charge in [-0.1, -0.05) is 65.9 Å². The molecule has 0 fully saturated rings. The number of rotatable bonds is 5. The molecule has 0 saturated heterocycles. The average Bonchev–Trinajstić information content (AvgIpc) is 3.15. The Morgan fingerprint density at radius 1 is 1.07 bits per heavy atom. The van der Waals surface area contributed by atoms with Gasteiger partial charge in [-0.25, -0.2) is 0 Å². The van der Waals surface area contributed by atoms with Crippen LogP contribution in [0.1, 0.15) is 41.1 Å². The quantitative estimate of drug-likeness (QED) is 0.697. The molecule has 2 aromatic carbocycles. The van der Waals surface area contributed by atoms with Crippen molar-refractivity contribution in [3.8, 4) is 0 Å². The van der Waals surface area contributed by atoms with Gasteiger partial charge in [0.2, 0.25) is 16.9 Å². The van der Waals surface area contributed by atoms with Gasteiger partial charge in [0.25, 0.3) is 0 Å². The zero-order valence-corrected chi connectivity index (χ0v) is 16.7.